The van der Waals surface area contributed by atoms with Crippen molar-refractivity contribution in [3.05, 3.63) is 0 Å². The molecule has 0 saturated heterocycles. The van der Waals surface area contributed by atoms with Crippen LogP contribution in [0.4, 0.5) is 0 Å². The Morgan fingerprint density at radius 1 is 1.23 bits per heavy atom. The van der Waals surface area contributed by atoms with Gasteiger partial charge in [0.15, 0.2) is 0 Å². The van der Waals surface area contributed by atoms with Crippen LogP contribution in [0.5, 0.6) is 0 Å². The van der Waals surface area contributed by atoms with Gasteiger partial charge in [-0.25, -0.2) is 0 Å². The normalized spacial score (nSPS) is 25.6. The molecule has 2 aliphatic carbocycles. The molecule has 0 aromatic heterocycles. The van der Waals surface area contributed by atoms with Crippen molar-refractivity contribution in [3.8, 4) is 0 Å². The van der Waals surface area contributed by atoms with Crippen LogP contribution in [0.1, 0.15) is 51.9 Å². The third kappa shape index (κ3) is 2.70. The highest BCUT2D eigenvalue weighted by atomic mass is 14.9. The number of hydrogen-bond donors (Lipinski definition) is 1. The second kappa shape index (κ2) is 4.45. The van der Waals surface area contributed by atoms with Crippen molar-refractivity contribution < 1.29 is 0 Å². The molecule has 1 heteroatoms. The summed E-state index contributed by atoms with van der Waals surface area (Å²) in [4.78, 5) is 0. The van der Waals surface area contributed by atoms with E-state index in [4.69, 9.17) is 0 Å². The van der Waals surface area contributed by atoms with Crippen LogP contribution in [0.15, 0.2) is 0 Å². The Morgan fingerprint density at radius 3 is 2.46 bits per heavy atom. The van der Waals surface area contributed by atoms with Crippen LogP contribution in [0, 0.1) is 11.8 Å². The van der Waals surface area contributed by atoms with Gasteiger partial charge in [-0.1, -0.05) is 32.6 Å². The molecule has 1 unspecified atom stereocenters. The summed E-state index contributed by atoms with van der Waals surface area (Å²) in [7, 11) is 0. The SMILES string of the molecule is CCCC(CNC1CC1)C1CCC1. The molecule has 0 spiro atoms. The molecular formula is C12H23N. The summed E-state index contributed by atoms with van der Waals surface area (Å²) in [6.45, 7) is 3.63. The molecule has 0 amide bonds. The summed E-state index contributed by atoms with van der Waals surface area (Å²) in [6.07, 6.45) is 10.2. The predicted molar refractivity (Wildman–Crippen MR) is 56.8 cm³/mol. The number of rotatable bonds is 6. The van der Waals surface area contributed by atoms with E-state index in [9.17, 15) is 0 Å². The highest BCUT2D eigenvalue weighted by Gasteiger charge is 2.28. The summed E-state index contributed by atoms with van der Waals surface area (Å²) < 4.78 is 0. The molecular weight excluding hydrogens is 158 g/mol. The van der Waals surface area contributed by atoms with Crippen LogP contribution in [0.2, 0.25) is 0 Å². The zero-order valence-electron chi connectivity index (χ0n) is 8.89. The highest BCUT2D eigenvalue weighted by Crippen LogP contribution is 2.35. The molecule has 2 fully saturated rings. The summed E-state index contributed by atoms with van der Waals surface area (Å²) in [5.41, 5.74) is 0. The number of nitrogens with one attached hydrogen (secondary N) is 1. The lowest BCUT2D eigenvalue weighted by Crippen LogP contribution is -2.32. The Bertz CT molecular complexity index is 147. The molecule has 0 bridgehead atoms. The Kier molecular flexibility index (Phi) is 3.26. The lowest BCUT2D eigenvalue weighted by molar-refractivity contribution is 0.189. The molecule has 0 aromatic carbocycles. The van der Waals surface area contributed by atoms with Gasteiger partial charge in [-0.15, -0.1) is 0 Å². The maximum absolute atomic E-state index is 3.69. The van der Waals surface area contributed by atoms with Crippen molar-refractivity contribution >= 4 is 0 Å². The average Bonchev–Trinajstić information content (AvgIpc) is 2.80. The Hall–Kier alpha value is -0.0400. The van der Waals surface area contributed by atoms with E-state index in [0.717, 1.165) is 17.9 Å². The zero-order chi connectivity index (χ0) is 9.10. The quantitative estimate of drug-likeness (QED) is 0.664. The maximum atomic E-state index is 3.69. The molecule has 13 heavy (non-hydrogen) atoms. The van der Waals surface area contributed by atoms with Gasteiger partial charge < -0.3 is 5.32 Å². The van der Waals surface area contributed by atoms with E-state index >= 15 is 0 Å². The van der Waals surface area contributed by atoms with E-state index in [1.807, 2.05) is 0 Å². The van der Waals surface area contributed by atoms with Gasteiger partial charge in [0, 0.05) is 6.04 Å². The van der Waals surface area contributed by atoms with Crippen LogP contribution in [-0.2, 0) is 0 Å². The molecule has 2 rings (SSSR count). The third-order valence-corrected chi connectivity index (χ3v) is 3.72. The van der Waals surface area contributed by atoms with Crippen molar-refractivity contribution in [1.82, 2.24) is 5.32 Å². The standard InChI is InChI=1S/C12H23N/c1-2-4-11(10-5-3-6-10)9-13-12-7-8-12/h10-13H,2-9H2,1H3. The molecule has 1 nitrogen and oxygen atoms in total. The lowest BCUT2D eigenvalue weighted by Gasteiger charge is -2.34. The van der Waals surface area contributed by atoms with Crippen LogP contribution >= 0.6 is 0 Å². The summed E-state index contributed by atoms with van der Waals surface area (Å²) in [6, 6.07) is 0.902. The van der Waals surface area contributed by atoms with Gasteiger partial charge in [-0.3, -0.25) is 0 Å². The predicted octanol–water partition coefficient (Wildman–Crippen LogP) is 2.95. The maximum Gasteiger partial charge on any atom is 0.00683 e. The summed E-state index contributed by atoms with van der Waals surface area (Å²) in [5, 5.41) is 3.69. The summed E-state index contributed by atoms with van der Waals surface area (Å²) in [5.74, 6) is 2.07. The first kappa shape index (κ1) is 9.51. The first-order valence-electron chi connectivity index (χ1n) is 6.13. The van der Waals surface area contributed by atoms with E-state index in [1.54, 1.807) is 0 Å². The second-order valence-corrected chi connectivity index (χ2v) is 4.92. The molecule has 1 atom stereocenters. The van der Waals surface area contributed by atoms with Gasteiger partial charge >= 0.3 is 0 Å². The molecule has 0 radical (unpaired) electrons. The second-order valence-electron chi connectivity index (χ2n) is 4.92. The van der Waals surface area contributed by atoms with Gasteiger partial charge in [0.05, 0.1) is 0 Å². The first-order valence-corrected chi connectivity index (χ1v) is 6.13. The van der Waals surface area contributed by atoms with Crippen LogP contribution < -0.4 is 5.32 Å². The fourth-order valence-electron chi connectivity index (χ4n) is 2.39. The van der Waals surface area contributed by atoms with Crippen molar-refractivity contribution in [3.63, 3.8) is 0 Å². The largest absolute Gasteiger partial charge is 0.314 e. The third-order valence-electron chi connectivity index (χ3n) is 3.72. The molecule has 0 aromatic rings. The van der Waals surface area contributed by atoms with E-state index < -0.39 is 0 Å². The minimum Gasteiger partial charge on any atom is -0.314 e. The van der Waals surface area contributed by atoms with Crippen LogP contribution in [-0.4, -0.2) is 12.6 Å². The van der Waals surface area contributed by atoms with Gasteiger partial charge in [0.1, 0.15) is 0 Å². The monoisotopic (exact) mass is 181 g/mol. The van der Waals surface area contributed by atoms with Gasteiger partial charge in [-0.05, 0) is 37.6 Å². The Morgan fingerprint density at radius 2 is 2.00 bits per heavy atom. The zero-order valence-corrected chi connectivity index (χ0v) is 8.89. The van der Waals surface area contributed by atoms with Crippen molar-refractivity contribution in [2.75, 3.05) is 6.54 Å². The summed E-state index contributed by atoms with van der Waals surface area (Å²) >= 11 is 0. The Balaban J connectivity index is 1.67. The van der Waals surface area contributed by atoms with Crippen LogP contribution in [0.3, 0.4) is 0 Å². The molecule has 0 aliphatic heterocycles. The van der Waals surface area contributed by atoms with E-state index in [1.165, 1.54) is 51.5 Å². The molecule has 2 aliphatic rings. The topological polar surface area (TPSA) is 12.0 Å². The van der Waals surface area contributed by atoms with E-state index in [2.05, 4.69) is 12.2 Å². The van der Waals surface area contributed by atoms with Gasteiger partial charge in [0.25, 0.3) is 0 Å². The van der Waals surface area contributed by atoms with Gasteiger partial charge in [-0.2, -0.15) is 0 Å². The van der Waals surface area contributed by atoms with Crippen molar-refractivity contribution in [2.45, 2.75) is 57.9 Å². The van der Waals surface area contributed by atoms with Crippen LogP contribution in [0.25, 0.3) is 0 Å². The first-order chi connectivity index (χ1) is 6.40. The van der Waals surface area contributed by atoms with Crippen molar-refractivity contribution in [2.24, 2.45) is 11.8 Å². The van der Waals surface area contributed by atoms with Crippen molar-refractivity contribution in [1.29, 1.82) is 0 Å². The molecule has 0 heterocycles. The smallest absolute Gasteiger partial charge is 0.00683 e. The molecule has 2 saturated carbocycles. The minimum atomic E-state index is 0.902. The molecule has 76 valence electrons. The highest BCUT2D eigenvalue weighted by molar-refractivity contribution is 4.85. The van der Waals surface area contributed by atoms with Gasteiger partial charge in [0.2, 0.25) is 0 Å². The fourth-order valence-corrected chi connectivity index (χ4v) is 2.39. The minimum absolute atomic E-state index is 0.902. The van der Waals surface area contributed by atoms with E-state index in [0.29, 0.717) is 0 Å². The average molecular weight is 181 g/mol. The van der Waals surface area contributed by atoms with E-state index in [-0.39, 0.29) is 0 Å². The lowest BCUT2D eigenvalue weighted by atomic mass is 9.74. The molecule has 1 N–H and O–H groups in total. The Labute approximate surface area is 82.3 Å². The number of hydrogen-bond acceptors (Lipinski definition) is 1. The fraction of sp³-hybridized carbons (Fsp3) is 1.00.